The lowest BCUT2D eigenvalue weighted by Crippen LogP contribution is -2.11. The van der Waals surface area contributed by atoms with Gasteiger partial charge in [-0.2, -0.15) is 26.3 Å². The molecule has 0 radical (unpaired) electrons. The molecule has 0 heterocycles. The molecule has 1 unspecified atom stereocenters. The van der Waals surface area contributed by atoms with Crippen molar-refractivity contribution in [3.05, 3.63) is 23.8 Å². The Hall–Kier alpha value is -0.540. The van der Waals surface area contributed by atoms with Gasteiger partial charge in [0.15, 0.2) is 5.78 Å². The van der Waals surface area contributed by atoms with Gasteiger partial charge in [0.05, 0.1) is 5.38 Å². The first-order chi connectivity index (χ1) is 9.39. The fourth-order valence-corrected chi connectivity index (χ4v) is 2.83. The zero-order valence-corrected chi connectivity index (χ0v) is 12.6. The van der Waals surface area contributed by atoms with E-state index in [0.717, 1.165) is 18.2 Å². The third kappa shape index (κ3) is 6.39. The molecule has 1 aromatic carbocycles. The molecule has 0 saturated heterocycles. The first kappa shape index (κ1) is 18.5. The number of carbonyl (C=O) groups is 1. The van der Waals surface area contributed by atoms with Crippen molar-refractivity contribution in [3.8, 4) is 0 Å². The van der Waals surface area contributed by atoms with Crippen molar-refractivity contribution < 1.29 is 31.1 Å². The van der Waals surface area contributed by atoms with E-state index in [2.05, 4.69) is 0 Å². The van der Waals surface area contributed by atoms with Crippen LogP contribution < -0.4 is 0 Å². The second-order valence-electron chi connectivity index (χ2n) is 3.74. The minimum atomic E-state index is -4.77. The topological polar surface area (TPSA) is 17.1 Å². The number of benzene rings is 1. The lowest BCUT2D eigenvalue weighted by atomic mass is 10.1. The molecule has 0 spiro atoms. The predicted octanol–water partition coefficient (Wildman–Crippen LogP) is 5.72. The first-order valence-corrected chi connectivity index (χ1v) is 7.30. The Morgan fingerprint density at radius 2 is 1.52 bits per heavy atom. The van der Waals surface area contributed by atoms with Crippen LogP contribution in [0.15, 0.2) is 28.0 Å². The monoisotopic (exact) mass is 368 g/mol. The molecule has 1 atom stereocenters. The highest BCUT2D eigenvalue weighted by atomic mass is 35.5. The van der Waals surface area contributed by atoms with Crippen LogP contribution >= 0.6 is 35.1 Å². The molecule has 118 valence electrons. The average molecular weight is 369 g/mol. The van der Waals surface area contributed by atoms with E-state index in [4.69, 9.17) is 11.6 Å². The second-order valence-corrected chi connectivity index (χ2v) is 6.61. The molecule has 1 nitrogen and oxygen atoms in total. The van der Waals surface area contributed by atoms with Crippen molar-refractivity contribution in [2.75, 3.05) is 0 Å². The molecule has 1 rings (SSSR count). The van der Waals surface area contributed by atoms with Gasteiger partial charge in [-0.3, -0.25) is 4.79 Å². The number of carbonyl (C=O) groups excluding carboxylic acids is 1. The highest BCUT2D eigenvalue weighted by Gasteiger charge is 2.35. The summed E-state index contributed by atoms with van der Waals surface area (Å²) in [7, 11) is 0. The van der Waals surface area contributed by atoms with E-state index in [1.165, 1.54) is 6.92 Å². The van der Waals surface area contributed by atoms with E-state index in [1.807, 2.05) is 0 Å². The maximum Gasteiger partial charge on any atom is 0.446 e. The minimum Gasteiger partial charge on any atom is -0.293 e. The summed E-state index contributed by atoms with van der Waals surface area (Å²) < 4.78 is 74.2. The number of ketones is 1. The standard InChI is InChI=1S/C11H7ClF6OS2/c1-5(12)9(19)6-2-3-7(20-10(13,14)15)8(4-6)21-11(16,17)18/h2-5H,1H3. The SMILES string of the molecule is CC(Cl)C(=O)c1ccc(SC(F)(F)F)c(SC(F)(F)F)c1. The van der Waals surface area contributed by atoms with Gasteiger partial charge in [0, 0.05) is 15.4 Å². The lowest BCUT2D eigenvalue weighted by Gasteiger charge is -2.14. The van der Waals surface area contributed by atoms with Crippen LogP contribution in [0.3, 0.4) is 0 Å². The fourth-order valence-electron chi connectivity index (χ4n) is 1.30. The summed E-state index contributed by atoms with van der Waals surface area (Å²) in [5.41, 5.74) is -9.67. The van der Waals surface area contributed by atoms with Crippen molar-refractivity contribution in [2.45, 2.75) is 33.1 Å². The van der Waals surface area contributed by atoms with Crippen LogP contribution in [0.5, 0.6) is 0 Å². The molecule has 0 amide bonds. The quantitative estimate of drug-likeness (QED) is 0.293. The number of Topliss-reactive ketones (excluding diaryl/α,β-unsaturated/α-hetero) is 1. The van der Waals surface area contributed by atoms with Gasteiger partial charge in [-0.1, -0.05) is 6.07 Å². The molecule has 21 heavy (non-hydrogen) atoms. The summed E-state index contributed by atoms with van der Waals surface area (Å²) in [6.45, 7) is 1.32. The normalized spacial score (nSPS) is 14.1. The molecule has 0 N–H and O–H groups in total. The molecule has 0 fully saturated rings. The number of hydrogen-bond donors (Lipinski definition) is 0. The van der Waals surface area contributed by atoms with Crippen LogP contribution in [-0.2, 0) is 0 Å². The highest BCUT2D eigenvalue weighted by molar-refractivity contribution is 8.03. The Morgan fingerprint density at radius 3 is 1.95 bits per heavy atom. The van der Waals surface area contributed by atoms with E-state index in [9.17, 15) is 31.1 Å². The van der Waals surface area contributed by atoms with Crippen LogP contribution in [0.2, 0.25) is 0 Å². The molecule has 1 aromatic rings. The highest BCUT2D eigenvalue weighted by Crippen LogP contribution is 2.46. The van der Waals surface area contributed by atoms with E-state index in [0.29, 0.717) is 0 Å². The molecular weight excluding hydrogens is 362 g/mol. The van der Waals surface area contributed by atoms with Crippen molar-refractivity contribution >= 4 is 40.9 Å². The van der Waals surface area contributed by atoms with Gasteiger partial charge < -0.3 is 0 Å². The van der Waals surface area contributed by atoms with Crippen LogP contribution in [0.25, 0.3) is 0 Å². The van der Waals surface area contributed by atoms with Gasteiger partial charge in [-0.15, -0.1) is 11.6 Å². The van der Waals surface area contributed by atoms with Crippen molar-refractivity contribution in [1.82, 2.24) is 0 Å². The zero-order chi connectivity index (χ0) is 16.4. The predicted molar refractivity (Wildman–Crippen MR) is 69.9 cm³/mol. The van der Waals surface area contributed by atoms with Gasteiger partial charge in [0.25, 0.3) is 0 Å². The summed E-state index contributed by atoms with van der Waals surface area (Å²) in [4.78, 5) is 10.3. The van der Waals surface area contributed by atoms with Gasteiger partial charge in [-0.25, -0.2) is 0 Å². The third-order valence-electron chi connectivity index (χ3n) is 2.04. The Balaban J connectivity index is 3.23. The summed E-state index contributed by atoms with van der Waals surface area (Å²) >= 11 is 4.16. The zero-order valence-electron chi connectivity index (χ0n) is 10.2. The number of alkyl halides is 7. The first-order valence-electron chi connectivity index (χ1n) is 5.23. The largest absolute Gasteiger partial charge is 0.446 e. The molecule has 0 aliphatic heterocycles. The maximum atomic E-state index is 12.4. The molecule has 0 saturated carbocycles. The van der Waals surface area contributed by atoms with Crippen molar-refractivity contribution in [1.29, 1.82) is 0 Å². The number of halogens is 7. The van der Waals surface area contributed by atoms with Crippen molar-refractivity contribution in [3.63, 3.8) is 0 Å². The Morgan fingerprint density at radius 1 is 1.05 bits per heavy atom. The van der Waals surface area contributed by atoms with Gasteiger partial charge in [0.1, 0.15) is 0 Å². The van der Waals surface area contributed by atoms with E-state index >= 15 is 0 Å². The Bertz CT molecular complexity index is 526. The van der Waals surface area contributed by atoms with Crippen LogP contribution in [-0.4, -0.2) is 22.2 Å². The number of hydrogen-bond acceptors (Lipinski definition) is 3. The Labute approximate surface area is 129 Å². The van der Waals surface area contributed by atoms with E-state index in [1.54, 1.807) is 0 Å². The fraction of sp³-hybridized carbons (Fsp3) is 0.364. The summed E-state index contributed by atoms with van der Waals surface area (Å²) in [5, 5.41) is -0.991. The smallest absolute Gasteiger partial charge is 0.293 e. The molecular formula is C11H7ClF6OS2. The second kappa shape index (κ2) is 6.70. The lowest BCUT2D eigenvalue weighted by molar-refractivity contribution is -0.0346. The van der Waals surface area contributed by atoms with E-state index < -0.39 is 55.5 Å². The molecule has 0 aliphatic carbocycles. The summed E-state index contributed by atoms with van der Waals surface area (Å²) in [6, 6.07) is 2.63. The van der Waals surface area contributed by atoms with Gasteiger partial charge in [0.2, 0.25) is 0 Å². The molecule has 10 heteroatoms. The van der Waals surface area contributed by atoms with Gasteiger partial charge in [-0.05, 0) is 42.6 Å². The summed E-state index contributed by atoms with van der Waals surface area (Å²) in [6.07, 6.45) is 0. The van der Waals surface area contributed by atoms with Crippen LogP contribution in [0.1, 0.15) is 17.3 Å². The number of thioether (sulfide) groups is 2. The van der Waals surface area contributed by atoms with Crippen LogP contribution in [0, 0.1) is 0 Å². The third-order valence-corrected chi connectivity index (χ3v) is 3.96. The number of rotatable bonds is 4. The average Bonchev–Trinajstić information content (AvgIpc) is 2.26. The molecule has 0 aromatic heterocycles. The van der Waals surface area contributed by atoms with E-state index in [-0.39, 0.29) is 5.56 Å². The van der Waals surface area contributed by atoms with Crippen molar-refractivity contribution in [2.24, 2.45) is 0 Å². The molecule has 0 aliphatic rings. The summed E-state index contributed by atoms with van der Waals surface area (Å²) in [5.74, 6) is -0.663. The minimum absolute atomic E-state index is 0.171. The Kier molecular flexibility index (Phi) is 5.91. The van der Waals surface area contributed by atoms with Gasteiger partial charge >= 0.3 is 11.0 Å². The van der Waals surface area contributed by atoms with Crippen LogP contribution in [0.4, 0.5) is 26.3 Å². The maximum absolute atomic E-state index is 12.4. The molecule has 0 bridgehead atoms.